The van der Waals surface area contributed by atoms with Crippen molar-refractivity contribution < 1.29 is 42.1 Å². The number of esters is 2. The third kappa shape index (κ3) is 44.5. The Morgan fingerprint density at radius 2 is 0.983 bits per heavy atom. The van der Waals surface area contributed by atoms with E-state index >= 15 is 0 Å². The molecule has 0 rings (SSSR count). The number of rotatable bonds is 40. The molecule has 0 aromatic heterocycles. The summed E-state index contributed by atoms with van der Waals surface area (Å²) in [6.45, 7) is 4.11. The van der Waals surface area contributed by atoms with Gasteiger partial charge in [0.15, 0.2) is 6.10 Å². The highest BCUT2D eigenvalue weighted by atomic mass is 31.2. The van der Waals surface area contributed by atoms with Crippen LogP contribution in [0.3, 0.4) is 0 Å². The summed E-state index contributed by atoms with van der Waals surface area (Å²) in [4.78, 5) is 35.4. The average Bonchev–Trinajstić information content (AvgIpc) is 3.20. The number of likely N-dealkylation sites (N-methyl/N-ethyl adjacent to an activating group) is 1. The van der Waals surface area contributed by atoms with Crippen LogP contribution in [-0.2, 0) is 32.7 Å². The lowest BCUT2D eigenvalue weighted by Gasteiger charge is -2.24. The van der Waals surface area contributed by atoms with Crippen LogP contribution in [0.15, 0.2) is 97.2 Å². The van der Waals surface area contributed by atoms with Crippen LogP contribution in [0.2, 0.25) is 0 Å². The van der Waals surface area contributed by atoms with Gasteiger partial charge in [0.1, 0.15) is 19.8 Å². The molecule has 0 heterocycles. The molecule has 2 atom stereocenters. The van der Waals surface area contributed by atoms with Crippen LogP contribution >= 0.6 is 7.82 Å². The number of hydrogen-bond acceptors (Lipinski definition) is 7. The molecule has 10 heteroatoms. The number of nitrogens with zero attached hydrogens (tertiary/aromatic N) is 1. The average molecular weight is 859 g/mol. The molecule has 60 heavy (non-hydrogen) atoms. The maximum Gasteiger partial charge on any atom is 0.472 e. The van der Waals surface area contributed by atoms with Gasteiger partial charge in [-0.15, -0.1) is 0 Å². The van der Waals surface area contributed by atoms with Gasteiger partial charge in [-0.05, 0) is 77.0 Å². The fraction of sp³-hybridized carbons (Fsp3) is 0.640. The van der Waals surface area contributed by atoms with Crippen LogP contribution in [0, 0.1) is 0 Å². The molecule has 2 unspecified atom stereocenters. The third-order valence-corrected chi connectivity index (χ3v) is 10.2. The van der Waals surface area contributed by atoms with Gasteiger partial charge < -0.3 is 18.9 Å². The summed E-state index contributed by atoms with van der Waals surface area (Å²) in [6, 6.07) is 0. The van der Waals surface area contributed by atoms with E-state index in [1.165, 1.54) is 19.3 Å². The Balaban J connectivity index is 4.33. The van der Waals surface area contributed by atoms with E-state index in [1.54, 1.807) is 0 Å². The number of unbranched alkanes of at least 4 members (excludes halogenated alkanes) is 12. The van der Waals surface area contributed by atoms with Crippen molar-refractivity contribution in [1.29, 1.82) is 0 Å². The van der Waals surface area contributed by atoms with Crippen molar-refractivity contribution in [2.24, 2.45) is 0 Å². The number of quaternary nitrogens is 1. The molecule has 0 bridgehead atoms. The second-order valence-electron chi connectivity index (χ2n) is 16.1. The Morgan fingerprint density at radius 1 is 0.533 bits per heavy atom. The molecule has 0 amide bonds. The summed E-state index contributed by atoms with van der Waals surface area (Å²) in [6.07, 6.45) is 54.6. The van der Waals surface area contributed by atoms with Crippen molar-refractivity contribution in [3.8, 4) is 0 Å². The molecule has 0 spiro atoms. The predicted molar refractivity (Wildman–Crippen MR) is 252 cm³/mol. The van der Waals surface area contributed by atoms with E-state index in [0.29, 0.717) is 17.4 Å². The molecule has 0 radical (unpaired) electrons. The van der Waals surface area contributed by atoms with Gasteiger partial charge in [-0.2, -0.15) is 0 Å². The van der Waals surface area contributed by atoms with Crippen LogP contribution in [0.4, 0.5) is 0 Å². The van der Waals surface area contributed by atoms with E-state index in [1.807, 2.05) is 39.4 Å². The first kappa shape index (κ1) is 56.9. The maximum atomic E-state index is 12.7. The highest BCUT2D eigenvalue weighted by molar-refractivity contribution is 7.47. The molecule has 0 fully saturated rings. The number of hydrogen-bond donors (Lipinski definition) is 1. The SMILES string of the molecule is CC/C=C/C=C/C=C/CCCCCCCC(=O)OC(COC(=O)CCCCCCCCC/C=C/C/C=C/C/C=C/C/C=C/C/C=C/CC)COP(=O)(O)OCC[N+](C)(C)C. The van der Waals surface area contributed by atoms with Crippen LogP contribution in [0.5, 0.6) is 0 Å². The molecule has 0 aliphatic carbocycles. The van der Waals surface area contributed by atoms with Gasteiger partial charge in [0, 0.05) is 12.8 Å². The highest BCUT2D eigenvalue weighted by Gasteiger charge is 2.27. The molecule has 0 saturated heterocycles. The topological polar surface area (TPSA) is 108 Å². The molecule has 0 aliphatic rings. The molecule has 0 aromatic rings. The van der Waals surface area contributed by atoms with Gasteiger partial charge in [-0.25, -0.2) is 4.57 Å². The van der Waals surface area contributed by atoms with Crippen molar-refractivity contribution in [2.75, 3.05) is 47.5 Å². The molecular formula is C50H85NO8P+. The van der Waals surface area contributed by atoms with Gasteiger partial charge >= 0.3 is 19.8 Å². The smallest absolute Gasteiger partial charge is 0.462 e. The van der Waals surface area contributed by atoms with E-state index in [9.17, 15) is 19.0 Å². The third-order valence-electron chi connectivity index (χ3n) is 9.17. The number of ether oxygens (including phenoxy) is 2. The zero-order valence-corrected chi connectivity index (χ0v) is 39.3. The van der Waals surface area contributed by atoms with E-state index in [0.717, 1.165) is 103 Å². The molecule has 0 aliphatic heterocycles. The number of carbonyl (C=O) groups excluding carboxylic acids is 2. The Kier molecular flexibility index (Phi) is 39.2. The highest BCUT2D eigenvalue weighted by Crippen LogP contribution is 2.43. The first-order valence-electron chi connectivity index (χ1n) is 23.0. The van der Waals surface area contributed by atoms with Crippen molar-refractivity contribution in [1.82, 2.24) is 0 Å². The van der Waals surface area contributed by atoms with E-state index < -0.39 is 32.5 Å². The maximum absolute atomic E-state index is 12.7. The lowest BCUT2D eigenvalue weighted by atomic mass is 10.1. The predicted octanol–water partition coefficient (Wildman–Crippen LogP) is 13.4. The number of carbonyl (C=O) groups is 2. The fourth-order valence-electron chi connectivity index (χ4n) is 5.63. The molecule has 0 aromatic carbocycles. The molecule has 0 saturated carbocycles. The van der Waals surface area contributed by atoms with Gasteiger partial charge in [0.05, 0.1) is 27.7 Å². The Morgan fingerprint density at radius 3 is 1.52 bits per heavy atom. The van der Waals surface area contributed by atoms with E-state index in [2.05, 4.69) is 92.8 Å². The van der Waals surface area contributed by atoms with Crippen molar-refractivity contribution in [3.05, 3.63) is 97.2 Å². The normalized spacial score (nSPS) is 14.4. The fourth-order valence-corrected chi connectivity index (χ4v) is 6.37. The Labute approximate surface area is 366 Å². The van der Waals surface area contributed by atoms with Crippen LogP contribution in [0.1, 0.15) is 155 Å². The molecule has 342 valence electrons. The van der Waals surface area contributed by atoms with Crippen LogP contribution in [0.25, 0.3) is 0 Å². The lowest BCUT2D eigenvalue weighted by Crippen LogP contribution is -2.37. The number of allylic oxidation sites excluding steroid dienone is 16. The van der Waals surface area contributed by atoms with Gasteiger partial charge in [-0.1, -0.05) is 162 Å². The number of phosphoric ester groups is 1. The van der Waals surface area contributed by atoms with E-state index in [4.69, 9.17) is 18.5 Å². The van der Waals surface area contributed by atoms with E-state index in [-0.39, 0.29) is 26.1 Å². The summed E-state index contributed by atoms with van der Waals surface area (Å²) < 4.78 is 34.3. The quantitative estimate of drug-likeness (QED) is 0.0162. The zero-order valence-electron chi connectivity index (χ0n) is 38.4. The van der Waals surface area contributed by atoms with Crippen molar-refractivity contribution in [2.45, 2.75) is 161 Å². The first-order valence-corrected chi connectivity index (χ1v) is 24.5. The minimum Gasteiger partial charge on any atom is -0.462 e. The van der Waals surface area contributed by atoms with Crippen LogP contribution in [-0.4, -0.2) is 74.9 Å². The summed E-state index contributed by atoms with van der Waals surface area (Å²) in [7, 11) is 1.44. The first-order chi connectivity index (χ1) is 29.0. The Bertz CT molecular complexity index is 1340. The van der Waals surface area contributed by atoms with Gasteiger partial charge in [-0.3, -0.25) is 18.6 Å². The Hall–Kier alpha value is -3.07. The second kappa shape index (κ2) is 41.3. The van der Waals surface area contributed by atoms with Crippen molar-refractivity contribution in [3.63, 3.8) is 0 Å². The molecule has 9 nitrogen and oxygen atoms in total. The molecule has 1 N–H and O–H groups in total. The minimum atomic E-state index is -4.39. The van der Waals surface area contributed by atoms with Crippen molar-refractivity contribution >= 4 is 19.8 Å². The van der Waals surface area contributed by atoms with Gasteiger partial charge in [0.2, 0.25) is 0 Å². The largest absolute Gasteiger partial charge is 0.472 e. The second-order valence-corrected chi connectivity index (χ2v) is 17.5. The molecular weight excluding hydrogens is 774 g/mol. The standard InChI is InChI=1S/C50H84NO8P/c1-6-8-10-12-14-16-18-20-21-22-23-24-25-26-27-28-29-31-32-34-36-38-40-42-49(52)56-46-48(47-58-60(54,55)57-45-44-51(3,4)5)59-50(53)43-41-39-37-35-33-30-19-17-15-13-11-9-7-2/h8-11,13-17,19-21,23-24,26-27,48H,6-7,12,18,22,25,28-47H2,1-5H3/p+1/b10-8+,11-9+,15-13+,16-14+,19-17+,21-20+,24-23+,27-26+. The van der Waals surface area contributed by atoms with Gasteiger partial charge in [0.25, 0.3) is 0 Å². The lowest BCUT2D eigenvalue weighted by molar-refractivity contribution is -0.870. The summed E-state index contributed by atoms with van der Waals surface area (Å²) in [5, 5.41) is 0. The monoisotopic (exact) mass is 859 g/mol. The summed E-state index contributed by atoms with van der Waals surface area (Å²) in [5.74, 6) is -0.846. The van der Waals surface area contributed by atoms with Crippen LogP contribution < -0.4 is 0 Å². The summed E-state index contributed by atoms with van der Waals surface area (Å²) in [5.41, 5.74) is 0. The number of phosphoric acid groups is 1. The summed E-state index contributed by atoms with van der Waals surface area (Å²) >= 11 is 0. The minimum absolute atomic E-state index is 0.0196. The zero-order chi connectivity index (χ0) is 44.3.